The minimum atomic E-state index is 0.0270. The number of fused-ring (bicyclic) bond motifs is 1. The predicted molar refractivity (Wildman–Crippen MR) is 125 cm³/mol. The Kier molecular flexibility index (Phi) is 5.70. The van der Waals surface area contributed by atoms with E-state index in [0.29, 0.717) is 37.5 Å². The number of benzene rings is 1. The quantitative estimate of drug-likeness (QED) is 0.495. The van der Waals surface area contributed by atoms with Crippen molar-refractivity contribution in [2.75, 3.05) is 38.7 Å². The first-order valence-electron chi connectivity index (χ1n) is 10.7. The molecule has 3 aromatic heterocycles. The lowest BCUT2D eigenvalue weighted by atomic mass is 10.1. The van der Waals surface area contributed by atoms with Crippen molar-refractivity contribution in [1.29, 1.82) is 0 Å². The highest BCUT2D eigenvalue weighted by Crippen LogP contribution is 2.20. The topological polar surface area (TPSA) is 84.7 Å². The molecule has 1 fully saturated rings. The molecule has 33 heavy (non-hydrogen) atoms. The van der Waals surface area contributed by atoms with E-state index in [-0.39, 0.29) is 5.91 Å². The molecule has 1 saturated heterocycles. The first-order chi connectivity index (χ1) is 16.2. The standard InChI is InChI=1S/C25H22N6O2/c1-26-23-16-18(8-10-27-23)2-3-21-17-28-31-11-9-22(29-24(21)31)19-4-6-20(7-5-19)25(32)30-12-14-33-15-13-30/h4-11,16-17H,12-15H2,1H3,(H,26,27). The summed E-state index contributed by atoms with van der Waals surface area (Å²) < 4.78 is 7.03. The number of hydrogen-bond donors (Lipinski definition) is 1. The molecule has 0 aliphatic carbocycles. The van der Waals surface area contributed by atoms with Crippen molar-refractivity contribution in [2.45, 2.75) is 0 Å². The predicted octanol–water partition coefficient (Wildman–Crippen LogP) is 2.71. The van der Waals surface area contributed by atoms with Gasteiger partial charge in [-0.2, -0.15) is 5.10 Å². The van der Waals surface area contributed by atoms with E-state index in [1.165, 1.54) is 0 Å². The maximum absolute atomic E-state index is 12.7. The molecule has 1 aliphatic rings. The molecule has 0 saturated carbocycles. The van der Waals surface area contributed by atoms with Crippen molar-refractivity contribution in [3.63, 3.8) is 0 Å². The highest BCUT2D eigenvalue weighted by Gasteiger charge is 2.18. The Morgan fingerprint density at radius 2 is 1.91 bits per heavy atom. The van der Waals surface area contributed by atoms with Crippen LogP contribution in [0.1, 0.15) is 21.5 Å². The summed E-state index contributed by atoms with van der Waals surface area (Å²) in [5.74, 6) is 7.10. The highest BCUT2D eigenvalue weighted by molar-refractivity contribution is 5.94. The van der Waals surface area contributed by atoms with Crippen LogP contribution < -0.4 is 5.32 Å². The van der Waals surface area contributed by atoms with Crippen molar-refractivity contribution in [3.05, 3.63) is 77.7 Å². The number of pyridine rings is 1. The van der Waals surface area contributed by atoms with Crippen LogP contribution in [-0.2, 0) is 4.74 Å². The number of amides is 1. The van der Waals surface area contributed by atoms with Crippen molar-refractivity contribution in [1.82, 2.24) is 24.5 Å². The summed E-state index contributed by atoms with van der Waals surface area (Å²) in [5.41, 5.74) is 4.64. The van der Waals surface area contributed by atoms with E-state index in [1.807, 2.05) is 60.6 Å². The molecule has 0 unspecified atom stereocenters. The van der Waals surface area contributed by atoms with Gasteiger partial charge in [0.25, 0.3) is 5.91 Å². The number of carbonyl (C=O) groups is 1. The fourth-order valence-electron chi connectivity index (χ4n) is 3.63. The molecule has 0 spiro atoms. The Labute approximate surface area is 191 Å². The van der Waals surface area contributed by atoms with E-state index in [9.17, 15) is 4.79 Å². The summed E-state index contributed by atoms with van der Waals surface area (Å²) in [6.45, 7) is 2.42. The SMILES string of the molecule is CNc1cc(C#Cc2cnn3ccc(-c4ccc(C(=O)N5CCOCC5)cc4)nc23)ccn1. The van der Waals surface area contributed by atoms with Crippen LogP contribution >= 0.6 is 0 Å². The molecule has 1 aliphatic heterocycles. The summed E-state index contributed by atoms with van der Waals surface area (Å²) >= 11 is 0. The molecule has 0 radical (unpaired) electrons. The van der Waals surface area contributed by atoms with E-state index in [1.54, 1.807) is 16.9 Å². The number of ether oxygens (including phenoxy) is 1. The van der Waals surface area contributed by atoms with Gasteiger partial charge in [0.1, 0.15) is 5.82 Å². The third kappa shape index (κ3) is 4.40. The zero-order valence-corrected chi connectivity index (χ0v) is 18.2. The number of carbonyl (C=O) groups excluding carboxylic acids is 1. The monoisotopic (exact) mass is 438 g/mol. The van der Waals surface area contributed by atoms with Gasteiger partial charge >= 0.3 is 0 Å². The first-order valence-corrected chi connectivity index (χ1v) is 10.7. The van der Waals surface area contributed by atoms with Crippen LogP contribution in [0.3, 0.4) is 0 Å². The number of aromatic nitrogens is 4. The molecule has 1 N–H and O–H groups in total. The Balaban J connectivity index is 1.40. The van der Waals surface area contributed by atoms with Gasteiger partial charge in [-0.25, -0.2) is 14.5 Å². The lowest BCUT2D eigenvalue weighted by Crippen LogP contribution is -2.40. The van der Waals surface area contributed by atoms with Crippen LogP contribution in [0.4, 0.5) is 5.82 Å². The van der Waals surface area contributed by atoms with Crippen LogP contribution in [0.2, 0.25) is 0 Å². The molecule has 0 atom stereocenters. The molecular formula is C25H22N6O2. The third-order valence-electron chi connectivity index (χ3n) is 5.45. The van der Waals surface area contributed by atoms with E-state index < -0.39 is 0 Å². The molecule has 1 aromatic carbocycles. The van der Waals surface area contributed by atoms with Crippen LogP contribution in [-0.4, -0.2) is 63.7 Å². The summed E-state index contributed by atoms with van der Waals surface area (Å²) in [7, 11) is 1.82. The molecule has 164 valence electrons. The average molecular weight is 438 g/mol. The van der Waals surface area contributed by atoms with Crippen LogP contribution in [0.15, 0.2) is 61.1 Å². The summed E-state index contributed by atoms with van der Waals surface area (Å²) in [4.78, 5) is 23.5. The molecule has 8 nitrogen and oxygen atoms in total. The number of hydrogen-bond acceptors (Lipinski definition) is 6. The molecule has 0 bridgehead atoms. The number of nitrogens with one attached hydrogen (secondary N) is 1. The van der Waals surface area contributed by atoms with E-state index >= 15 is 0 Å². The van der Waals surface area contributed by atoms with Gasteiger partial charge in [0.05, 0.1) is 30.7 Å². The van der Waals surface area contributed by atoms with Crippen LogP contribution in [0, 0.1) is 11.8 Å². The molecule has 5 rings (SSSR count). The lowest BCUT2D eigenvalue weighted by molar-refractivity contribution is 0.0303. The molecule has 4 heterocycles. The summed E-state index contributed by atoms with van der Waals surface area (Å²) in [6, 6.07) is 13.2. The Hall–Kier alpha value is -4.22. The second kappa shape index (κ2) is 9.10. The summed E-state index contributed by atoms with van der Waals surface area (Å²) in [6.07, 6.45) is 5.29. The van der Waals surface area contributed by atoms with Crippen molar-refractivity contribution in [3.8, 4) is 23.1 Å². The van der Waals surface area contributed by atoms with Crippen molar-refractivity contribution >= 4 is 17.4 Å². The average Bonchev–Trinajstić information content (AvgIpc) is 3.30. The molecule has 4 aromatic rings. The minimum Gasteiger partial charge on any atom is -0.378 e. The third-order valence-corrected chi connectivity index (χ3v) is 5.45. The number of rotatable bonds is 3. The largest absolute Gasteiger partial charge is 0.378 e. The zero-order chi connectivity index (χ0) is 22.6. The fraction of sp³-hybridized carbons (Fsp3) is 0.200. The lowest BCUT2D eigenvalue weighted by Gasteiger charge is -2.26. The van der Waals surface area contributed by atoms with Gasteiger partial charge < -0.3 is 15.0 Å². The maximum atomic E-state index is 12.7. The van der Waals surface area contributed by atoms with Crippen molar-refractivity contribution in [2.24, 2.45) is 0 Å². The molecule has 1 amide bonds. The van der Waals surface area contributed by atoms with Gasteiger partial charge in [0.2, 0.25) is 0 Å². The normalized spacial score (nSPS) is 13.4. The number of nitrogens with zero attached hydrogens (tertiary/aromatic N) is 5. The Bertz CT molecular complexity index is 1360. The maximum Gasteiger partial charge on any atom is 0.254 e. The second-order valence-electron chi connectivity index (χ2n) is 7.55. The van der Waals surface area contributed by atoms with E-state index in [0.717, 1.165) is 28.2 Å². The first kappa shape index (κ1) is 20.7. The fourth-order valence-corrected chi connectivity index (χ4v) is 3.63. The Morgan fingerprint density at radius 1 is 1.09 bits per heavy atom. The summed E-state index contributed by atoms with van der Waals surface area (Å²) in [5, 5.41) is 7.36. The molecule has 8 heteroatoms. The highest BCUT2D eigenvalue weighted by atomic mass is 16.5. The van der Waals surface area contributed by atoms with Crippen molar-refractivity contribution < 1.29 is 9.53 Å². The Morgan fingerprint density at radius 3 is 2.70 bits per heavy atom. The second-order valence-corrected chi connectivity index (χ2v) is 7.55. The van der Waals surface area contributed by atoms with Gasteiger partial charge in [0, 0.05) is 49.2 Å². The van der Waals surface area contributed by atoms with Crippen LogP contribution in [0.5, 0.6) is 0 Å². The van der Waals surface area contributed by atoms with Gasteiger partial charge in [-0.1, -0.05) is 24.0 Å². The van der Waals surface area contributed by atoms with Gasteiger partial charge in [-0.05, 0) is 30.3 Å². The van der Waals surface area contributed by atoms with E-state index in [4.69, 9.17) is 9.72 Å². The van der Waals surface area contributed by atoms with Gasteiger partial charge in [0.15, 0.2) is 5.65 Å². The molecular weight excluding hydrogens is 416 g/mol. The van der Waals surface area contributed by atoms with Gasteiger partial charge in [-0.15, -0.1) is 0 Å². The number of morpholine rings is 1. The van der Waals surface area contributed by atoms with Crippen LogP contribution in [0.25, 0.3) is 16.9 Å². The van der Waals surface area contributed by atoms with Gasteiger partial charge in [-0.3, -0.25) is 4.79 Å². The zero-order valence-electron chi connectivity index (χ0n) is 18.2. The number of anilines is 1. The smallest absolute Gasteiger partial charge is 0.254 e. The minimum absolute atomic E-state index is 0.0270. The van der Waals surface area contributed by atoms with E-state index in [2.05, 4.69) is 27.2 Å².